The number of carbonyl (C=O) groups excluding carboxylic acids is 1. The summed E-state index contributed by atoms with van der Waals surface area (Å²) in [4.78, 5) is 20.7. The maximum Gasteiger partial charge on any atom is 0.254 e. The number of nitrogens with zero attached hydrogens (tertiary/aromatic N) is 3. The van der Waals surface area contributed by atoms with Crippen molar-refractivity contribution in [3.63, 3.8) is 0 Å². The lowest BCUT2D eigenvalue weighted by Crippen LogP contribution is -2.48. The highest BCUT2D eigenvalue weighted by molar-refractivity contribution is 5.94. The van der Waals surface area contributed by atoms with E-state index in [9.17, 15) is 4.79 Å². The first kappa shape index (κ1) is 17.2. The number of aromatic nitrogens is 1. The highest BCUT2D eigenvalue weighted by Crippen LogP contribution is 2.26. The second-order valence-corrected chi connectivity index (χ2v) is 5.98. The van der Waals surface area contributed by atoms with Gasteiger partial charge >= 0.3 is 0 Å². The topological polar surface area (TPSA) is 54.9 Å². The summed E-state index contributed by atoms with van der Waals surface area (Å²) >= 11 is 0. The average Bonchev–Trinajstić information content (AvgIpc) is 2.69. The van der Waals surface area contributed by atoms with E-state index in [-0.39, 0.29) is 5.91 Å². The molecule has 0 N–H and O–H groups in total. The molecule has 25 heavy (non-hydrogen) atoms. The van der Waals surface area contributed by atoms with Gasteiger partial charge in [0.25, 0.3) is 5.91 Å². The summed E-state index contributed by atoms with van der Waals surface area (Å²) in [6.45, 7) is 3.92. The van der Waals surface area contributed by atoms with Crippen molar-refractivity contribution in [2.24, 2.45) is 0 Å². The molecule has 6 heteroatoms. The molecule has 1 amide bonds. The normalized spacial score (nSPS) is 15.0. The summed E-state index contributed by atoms with van der Waals surface area (Å²) in [6, 6.07) is 9.40. The number of methoxy groups -OCH3 is 2. The van der Waals surface area contributed by atoms with Crippen LogP contribution in [-0.4, -0.2) is 61.1 Å². The Bertz CT molecular complexity index is 713. The molecular weight excluding hydrogens is 318 g/mol. The number of pyridine rings is 1. The van der Waals surface area contributed by atoms with Gasteiger partial charge < -0.3 is 14.4 Å². The highest BCUT2D eigenvalue weighted by Gasteiger charge is 2.22. The van der Waals surface area contributed by atoms with Crippen LogP contribution < -0.4 is 9.47 Å². The van der Waals surface area contributed by atoms with E-state index in [2.05, 4.69) is 9.88 Å². The minimum Gasteiger partial charge on any atom is -0.497 e. The van der Waals surface area contributed by atoms with Crippen LogP contribution in [0.25, 0.3) is 0 Å². The number of ether oxygens (including phenoxy) is 2. The molecule has 0 atom stereocenters. The van der Waals surface area contributed by atoms with Crippen LogP contribution in [0.5, 0.6) is 11.5 Å². The maximum atomic E-state index is 12.5. The minimum atomic E-state index is 0.0732. The van der Waals surface area contributed by atoms with Crippen molar-refractivity contribution < 1.29 is 14.3 Å². The zero-order chi connectivity index (χ0) is 17.6. The van der Waals surface area contributed by atoms with Gasteiger partial charge in [-0.3, -0.25) is 14.7 Å². The molecule has 6 nitrogen and oxygen atoms in total. The maximum absolute atomic E-state index is 12.5. The second-order valence-electron chi connectivity index (χ2n) is 5.98. The summed E-state index contributed by atoms with van der Waals surface area (Å²) in [6.07, 6.45) is 3.30. The molecule has 0 saturated carbocycles. The van der Waals surface area contributed by atoms with Gasteiger partial charge in [0.1, 0.15) is 11.5 Å². The van der Waals surface area contributed by atoms with E-state index in [0.29, 0.717) is 5.56 Å². The molecule has 1 aliphatic heterocycles. The summed E-state index contributed by atoms with van der Waals surface area (Å²) in [5.41, 5.74) is 1.82. The van der Waals surface area contributed by atoms with E-state index in [1.807, 2.05) is 23.1 Å². The number of carbonyl (C=O) groups is 1. The van der Waals surface area contributed by atoms with Gasteiger partial charge in [0.2, 0.25) is 0 Å². The Morgan fingerprint density at radius 1 is 1.04 bits per heavy atom. The van der Waals surface area contributed by atoms with Gasteiger partial charge in [-0.1, -0.05) is 6.07 Å². The van der Waals surface area contributed by atoms with Crippen molar-refractivity contribution in [2.75, 3.05) is 40.4 Å². The molecule has 1 aliphatic rings. The smallest absolute Gasteiger partial charge is 0.254 e. The number of hydrogen-bond acceptors (Lipinski definition) is 5. The van der Waals surface area contributed by atoms with Crippen LogP contribution in [0, 0.1) is 0 Å². The predicted molar refractivity (Wildman–Crippen MR) is 95.0 cm³/mol. The number of hydrogen-bond donors (Lipinski definition) is 0. The van der Waals surface area contributed by atoms with Crippen molar-refractivity contribution >= 4 is 5.91 Å². The van der Waals surface area contributed by atoms with E-state index in [0.717, 1.165) is 49.8 Å². The summed E-state index contributed by atoms with van der Waals surface area (Å²) in [5, 5.41) is 0. The van der Waals surface area contributed by atoms with Crippen LogP contribution in [0.1, 0.15) is 15.9 Å². The van der Waals surface area contributed by atoms with Gasteiger partial charge in [-0.05, 0) is 18.2 Å². The first-order valence-corrected chi connectivity index (χ1v) is 8.34. The Balaban J connectivity index is 1.59. The van der Waals surface area contributed by atoms with Crippen LogP contribution >= 0.6 is 0 Å². The monoisotopic (exact) mass is 341 g/mol. The van der Waals surface area contributed by atoms with E-state index in [1.165, 1.54) is 0 Å². The van der Waals surface area contributed by atoms with Crippen molar-refractivity contribution in [3.8, 4) is 11.5 Å². The van der Waals surface area contributed by atoms with Crippen LogP contribution in [0.2, 0.25) is 0 Å². The third kappa shape index (κ3) is 4.09. The van der Waals surface area contributed by atoms with E-state index >= 15 is 0 Å². The van der Waals surface area contributed by atoms with E-state index < -0.39 is 0 Å². The fourth-order valence-electron chi connectivity index (χ4n) is 3.01. The highest BCUT2D eigenvalue weighted by atomic mass is 16.5. The Morgan fingerprint density at radius 2 is 1.76 bits per heavy atom. The number of rotatable bonds is 5. The van der Waals surface area contributed by atoms with Crippen molar-refractivity contribution in [3.05, 3.63) is 53.9 Å². The molecule has 0 unspecified atom stereocenters. The molecule has 1 fully saturated rings. The lowest BCUT2D eigenvalue weighted by atomic mass is 10.1. The minimum absolute atomic E-state index is 0.0732. The average molecular weight is 341 g/mol. The molecule has 0 aliphatic carbocycles. The van der Waals surface area contributed by atoms with Crippen molar-refractivity contribution in [1.82, 2.24) is 14.8 Å². The lowest BCUT2D eigenvalue weighted by Gasteiger charge is -2.35. The number of benzene rings is 1. The molecule has 132 valence electrons. The fraction of sp³-hybridized carbons (Fsp3) is 0.368. The van der Waals surface area contributed by atoms with Gasteiger partial charge in [0, 0.05) is 62.3 Å². The SMILES string of the molecule is COc1ccc(CN2CCN(C(=O)c3ccncc3)CC2)c(OC)c1. The molecule has 1 aromatic heterocycles. The van der Waals surface area contributed by atoms with Gasteiger partial charge in [0.15, 0.2) is 0 Å². The first-order chi connectivity index (χ1) is 12.2. The Kier molecular flexibility index (Phi) is 5.50. The largest absolute Gasteiger partial charge is 0.497 e. The summed E-state index contributed by atoms with van der Waals surface area (Å²) < 4.78 is 10.7. The van der Waals surface area contributed by atoms with Crippen molar-refractivity contribution in [1.29, 1.82) is 0 Å². The van der Waals surface area contributed by atoms with Gasteiger partial charge in [-0.15, -0.1) is 0 Å². The third-order valence-electron chi connectivity index (χ3n) is 4.47. The van der Waals surface area contributed by atoms with Gasteiger partial charge in [0.05, 0.1) is 14.2 Å². The van der Waals surface area contributed by atoms with E-state index in [4.69, 9.17) is 9.47 Å². The zero-order valence-corrected chi connectivity index (χ0v) is 14.6. The molecule has 3 rings (SSSR count). The van der Waals surface area contributed by atoms with Crippen LogP contribution in [0.3, 0.4) is 0 Å². The Morgan fingerprint density at radius 3 is 2.40 bits per heavy atom. The molecule has 1 aromatic carbocycles. The fourth-order valence-corrected chi connectivity index (χ4v) is 3.01. The molecule has 0 bridgehead atoms. The number of piperazine rings is 1. The molecule has 2 aromatic rings. The molecule has 0 radical (unpaired) electrons. The third-order valence-corrected chi connectivity index (χ3v) is 4.47. The lowest BCUT2D eigenvalue weighted by molar-refractivity contribution is 0.0627. The first-order valence-electron chi connectivity index (χ1n) is 8.34. The molecule has 0 spiro atoms. The second kappa shape index (κ2) is 7.98. The van der Waals surface area contributed by atoms with E-state index in [1.54, 1.807) is 38.7 Å². The van der Waals surface area contributed by atoms with Gasteiger partial charge in [-0.2, -0.15) is 0 Å². The van der Waals surface area contributed by atoms with Crippen LogP contribution in [-0.2, 0) is 6.54 Å². The summed E-state index contributed by atoms with van der Waals surface area (Å²) in [5.74, 6) is 1.69. The summed E-state index contributed by atoms with van der Waals surface area (Å²) in [7, 11) is 3.32. The quantitative estimate of drug-likeness (QED) is 0.833. The van der Waals surface area contributed by atoms with Crippen LogP contribution in [0.4, 0.5) is 0 Å². The standard InChI is InChI=1S/C19H23N3O3/c1-24-17-4-3-16(18(13-17)25-2)14-21-9-11-22(12-10-21)19(23)15-5-7-20-8-6-15/h3-8,13H,9-12,14H2,1-2H3. The molecule has 1 saturated heterocycles. The molecule has 2 heterocycles. The van der Waals surface area contributed by atoms with Gasteiger partial charge in [-0.25, -0.2) is 0 Å². The predicted octanol–water partition coefficient (Wildman–Crippen LogP) is 2.06. The molecular formula is C19H23N3O3. The van der Waals surface area contributed by atoms with Crippen LogP contribution in [0.15, 0.2) is 42.7 Å². The number of amides is 1. The van der Waals surface area contributed by atoms with Crippen molar-refractivity contribution in [2.45, 2.75) is 6.54 Å². The Hall–Kier alpha value is -2.60. The Labute approximate surface area is 148 Å². The zero-order valence-electron chi connectivity index (χ0n) is 14.6.